The van der Waals surface area contributed by atoms with E-state index in [0.717, 1.165) is 12.8 Å². The minimum absolute atomic E-state index is 0.129. The maximum atomic E-state index is 11.2. The van der Waals surface area contributed by atoms with E-state index >= 15 is 0 Å². The van der Waals surface area contributed by atoms with Crippen LogP contribution in [0.3, 0.4) is 0 Å². The van der Waals surface area contributed by atoms with Gasteiger partial charge in [0.05, 0.1) is 19.6 Å². The highest BCUT2D eigenvalue weighted by Crippen LogP contribution is 2.29. The molecule has 0 bridgehead atoms. The number of carboxylic acids is 1. The Morgan fingerprint density at radius 1 is 1.19 bits per heavy atom. The monoisotopic (exact) mass is 386 g/mol. The van der Waals surface area contributed by atoms with E-state index in [2.05, 4.69) is 0 Å². The zero-order valence-corrected chi connectivity index (χ0v) is 15.0. The summed E-state index contributed by atoms with van der Waals surface area (Å²) >= 11 is 0. The third-order valence-corrected chi connectivity index (χ3v) is 4.23. The number of unbranched alkanes of at least 4 members (excludes halogenated alkanes) is 1. The summed E-state index contributed by atoms with van der Waals surface area (Å²) in [5.74, 6) is -0.468. The molecule has 27 heavy (non-hydrogen) atoms. The van der Waals surface area contributed by atoms with Gasteiger partial charge in [0.2, 0.25) is 6.29 Å². The first-order valence-corrected chi connectivity index (χ1v) is 8.82. The Morgan fingerprint density at radius 2 is 1.93 bits per heavy atom. The number of rotatable bonds is 9. The summed E-state index contributed by atoms with van der Waals surface area (Å²) in [7, 11) is 0. The fourth-order valence-corrected chi connectivity index (χ4v) is 2.69. The largest absolute Gasteiger partial charge is 0.494 e. The first-order chi connectivity index (χ1) is 12.9. The molecule has 5 N–H and O–H groups in total. The Labute approximate surface area is 156 Å². The number of hydrogen-bond acceptors (Lipinski definition) is 8. The molecule has 0 saturated carbocycles. The van der Waals surface area contributed by atoms with Crippen LogP contribution in [-0.4, -0.2) is 75.4 Å². The van der Waals surface area contributed by atoms with Gasteiger partial charge in [0.1, 0.15) is 35.9 Å². The third-order valence-electron chi connectivity index (χ3n) is 4.23. The summed E-state index contributed by atoms with van der Waals surface area (Å²) in [5, 5.41) is 48.1. The molecule has 0 spiro atoms. The predicted octanol–water partition coefficient (Wildman–Crippen LogP) is -0.329. The van der Waals surface area contributed by atoms with Crippen molar-refractivity contribution >= 4 is 5.97 Å². The van der Waals surface area contributed by atoms with Gasteiger partial charge < -0.3 is 39.7 Å². The molecule has 9 nitrogen and oxygen atoms in total. The summed E-state index contributed by atoms with van der Waals surface area (Å²) in [6.45, 7) is 1.93. The number of benzene rings is 1. The molecule has 1 aromatic rings. The molecule has 5 atom stereocenters. The van der Waals surface area contributed by atoms with Gasteiger partial charge in [-0.1, -0.05) is 13.3 Å². The van der Waals surface area contributed by atoms with Gasteiger partial charge in [-0.25, -0.2) is 0 Å². The van der Waals surface area contributed by atoms with Crippen LogP contribution < -0.4 is 9.47 Å². The third kappa shape index (κ3) is 5.53. The molecule has 0 unspecified atom stereocenters. The van der Waals surface area contributed by atoms with Crippen molar-refractivity contribution < 1.29 is 44.5 Å². The average molecular weight is 386 g/mol. The first-order valence-electron chi connectivity index (χ1n) is 8.82. The molecule has 152 valence electrons. The Bertz CT molecular complexity index is 619. The Hall–Kier alpha value is -1.91. The topological polar surface area (TPSA) is 146 Å². The summed E-state index contributed by atoms with van der Waals surface area (Å²) in [5.41, 5.74) is 0.299. The standard InChI is InChI=1S/C18H26O9/c1-2-3-6-25-11-4-5-12(10(7-11)8-14(20)21)26-18-17(24)16(23)15(22)13(9-19)27-18/h4-5,7,13,15-19,22-24H,2-3,6,8-9H2,1H3,(H,20,21)/t13-,15-,16+,17-,18-/m1/s1. The lowest BCUT2D eigenvalue weighted by Crippen LogP contribution is -2.60. The average Bonchev–Trinajstić information content (AvgIpc) is 2.63. The summed E-state index contributed by atoms with van der Waals surface area (Å²) < 4.78 is 16.4. The Kier molecular flexibility index (Phi) is 7.81. The quantitative estimate of drug-likeness (QED) is 0.360. The van der Waals surface area contributed by atoms with E-state index in [4.69, 9.17) is 19.3 Å². The maximum Gasteiger partial charge on any atom is 0.307 e. The normalized spacial score (nSPS) is 28.0. The van der Waals surface area contributed by atoms with Crippen LogP contribution in [0, 0.1) is 0 Å². The molecule has 0 aromatic heterocycles. The summed E-state index contributed by atoms with van der Waals surface area (Å²) in [4.78, 5) is 11.2. The molecule has 9 heteroatoms. The van der Waals surface area contributed by atoms with Crippen LogP contribution in [0.15, 0.2) is 18.2 Å². The van der Waals surface area contributed by atoms with Crippen LogP contribution >= 0.6 is 0 Å². The highest BCUT2D eigenvalue weighted by Gasteiger charge is 2.44. The molecule has 1 fully saturated rings. The number of ether oxygens (including phenoxy) is 3. The van der Waals surface area contributed by atoms with Crippen LogP contribution in [0.25, 0.3) is 0 Å². The predicted molar refractivity (Wildman–Crippen MR) is 92.6 cm³/mol. The molecule has 1 aromatic carbocycles. The number of carbonyl (C=O) groups is 1. The molecular formula is C18H26O9. The van der Waals surface area contributed by atoms with Gasteiger partial charge in [-0.05, 0) is 24.6 Å². The highest BCUT2D eigenvalue weighted by molar-refractivity contribution is 5.71. The molecule has 0 aliphatic carbocycles. The second-order valence-electron chi connectivity index (χ2n) is 6.36. The fraction of sp³-hybridized carbons (Fsp3) is 0.611. The van der Waals surface area contributed by atoms with Crippen molar-refractivity contribution in [3.05, 3.63) is 23.8 Å². The molecule has 1 aliphatic heterocycles. The van der Waals surface area contributed by atoms with Gasteiger partial charge in [-0.3, -0.25) is 4.79 Å². The molecular weight excluding hydrogens is 360 g/mol. The minimum Gasteiger partial charge on any atom is -0.494 e. The lowest BCUT2D eigenvalue weighted by atomic mass is 9.99. The maximum absolute atomic E-state index is 11.2. The van der Waals surface area contributed by atoms with E-state index in [9.17, 15) is 25.2 Å². The first kappa shape index (κ1) is 21.4. The lowest BCUT2D eigenvalue weighted by Gasteiger charge is -2.39. The highest BCUT2D eigenvalue weighted by atomic mass is 16.7. The van der Waals surface area contributed by atoms with Crippen LogP contribution in [0.4, 0.5) is 0 Å². The van der Waals surface area contributed by atoms with E-state index in [1.807, 2.05) is 6.92 Å². The van der Waals surface area contributed by atoms with Gasteiger partial charge in [-0.2, -0.15) is 0 Å². The Morgan fingerprint density at radius 3 is 2.56 bits per heavy atom. The van der Waals surface area contributed by atoms with Crippen LogP contribution in [0.2, 0.25) is 0 Å². The smallest absolute Gasteiger partial charge is 0.307 e. The van der Waals surface area contributed by atoms with Gasteiger partial charge in [0.25, 0.3) is 0 Å². The van der Waals surface area contributed by atoms with E-state index in [0.29, 0.717) is 17.9 Å². The summed E-state index contributed by atoms with van der Waals surface area (Å²) in [6.07, 6.45) is -5.71. The van der Waals surface area contributed by atoms with Crippen molar-refractivity contribution in [3.63, 3.8) is 0 Å². The van der Waals surface area contributed by atoms with Gasteiger partial charge in [0, 0.05) is 5.56 Å². The van der Waals surface area contributed by atoms with Crippen molar-refractivity contribution in [2.45, 2.75) is 56.9 Å². The number of aliphatic carboxylic acids is 1. The lowest BCUT2D eigenvalue weighted by molar-refractivity contribution is -0.277. The zero-order chi connectivity index (χ0) is 20.0. The SMILES string of the molecule is CCCCOc1ccc(O[C@@H]2O[C@H](CO)[C@@H](O)[C@H](O)[C@H]2O)c(CC(=O)O)c1. The van der Waals surface area contributed by atoms with Crippen molar-refractivity contribution in [2.75, 3.05) is 13.2 Å². The number of aliphatic hydroxyl groups excluding tert-OH is 4. The molecule has 1 heterocycles. The minimum atomic E-state index is -1.58. The van der Waals surface area contributed by atoms with Crippen molar-refractivity contribution in [3.8, 4) is 11.5 Å². The van der Waals surface area contributed by atoms with Crippen molar-refractivity contribution in [1.82, 2.24) is 0 Å². The fourth-order valence-electron chi connectivity index (χ4n) is 2.69. The van der Waals surface area contributed by atoms with Gasteiger partial charge >= 0.3 is 5.97 Å². The number of aliphatic hydroxyl groups is 4. The van der Waals surface area contributed by atoms with Crippen LogP contribution in [-0.2, 0) is 16.0 Å². The molecule has 1 aliphatic rings. The van der Waals surface area contributed by atoms with E-state index < -0.39 is 43.3 Å². The van der Waals surface area contributed by atoms with E-state index in [1.165, 1.54) is 12.1 Å². The second-order valence-corrected chi connectivity index (χ2v) is 6.36. The number of hydrogen-bond donors (Lipinski definition) is 5. The number of carboxylic acid groups (broad SMARTS) is 1. The molecule has 2 rings (SSSR count). The molecule has 0 radical (unpaired) electrons. The summed E-state index contributed by atoms with van der Waals surface area (Å²) in [6, 6.07) is 4.62. The van der Waals surface area contributed by atoms with Gasteiger partial charge in [-0.15, -0.1) is 0 Å². The zero-order valence-electron chi connectivity index (χ0n) is 15.0. The van der Waals surface area contributed by atoms with E-state index in [1.54, 1.807) is 6.07 Å². The Balaban J connectivity index is 2.19. The van der Waals surface area contributed by atoms with E-state index in [-0.39, 0.29) is 12.2 Å². The second kappa shape index (κ2) is 9.86. The van der Waals surface area contributed by atoms with Crippen molar-refractivity contribution in [1.29, 1.82) is 0 Å². The van der Waals surface area contributed by atoms with Crippen LogP contribution in [0.1, 0.15) is 25.3 Å². The van der Waals surface area contributed by atoms with Crippen LogP contribution in [0.5, 0.6) is 11.5 Å². The van der Waals surface area contributed by atoms with Crippen molar-refractivity contribution in [2.24, 2.45) is 0 Å². The van der Waals surface area contributed by atoms with Gasteiger partial charge in [0.15, 0.2) is 0 Å². The molecule has 1 saturated heterocycles. The molecule has 0 amide bonds.